The van der Waals surface area contributed by atoms with Crippen molar-refractivity contribution in [2.45, 2.75) is 12.1 Å². The van der Waals surface area contributed by atoms with Gasteiger partial charge in [-0.05, 0) is 29.5 Å². The minimum atomic E-state index is -4.19. The van der Waals surface area contributed by atoms with Crippen LogP contribution in [0.1, 0.15) is 5.56 Å². The van der Waals surface area contributed by atoms with E-state index in [2.05, 4.69) is 5.32 Å². The van der Waals surface area contributed by atoms with Crippen molar-refractivity contribution >= 4 is 11.8 Å². The van der Waals surface area contributed by atoms with Gasteiger partial charge in [0.15, 0.2) is 0 Å². The summed E-state index contributed by atoms with van der Waals surface area (Å²) in [5.74, 6) is 0.470. The number of hydrogen-bond acceptors (Lipinski definition) is 4. The summed E-state index contributed by atoms with van der Waals surface area (Å²) in [5, 5.41) is 3.20. The van der Waals surface area contributed by atoms with Crippen LogP contribution < -0.4 is 10.1 Å². The van der Waals surface area contributed by atoms with Crippen molar-refractivity contribution in [3.8, 4) is 5.75 Å². The van der Waals surface area contributed by atoms with Gasteiger partial charge in [0.05, 0.1) is 13.2 Å². The van der Waals surface area contributed by atoms with Gasteiger partial charge in [-0.2, -0.15) is 13.2 Å². The van der Waals surface area contributed by atoms with Gasteiger partial charge >= 0.3 is 5.51 Å². The second-order valence-corrected chi connectivity index (χ2v) is 5.12. The van der Waals surface area contributed by atoms with E-state index in [0.29, 0.717) is 18.9 Å². The van der Waals surface area contributed by atoms with Crippen LogP contribution in [0.4, 0.5) is 13.2 Å². The smallest absolute Gasteiger partial charge is 0.441 e. The van der Waals surface area contributed by atoms with Crippen LogP contribution in [0.3, 0.4) is 0 Å². The van der Waals surface area contributed by atoms with Crippen LogP contribution >= 0.6 is 11.8 Å². The van der Waals surface area contributed by atoms with Crippen LogP contribution in [-0.4, -0.2) is 38.1 Å². The minimum absolute atomic E-state index is 0.0373. The van der Waals surface area contributed by atoms with Gasteiger partial charge in [-0.3, -0.25) is 0 Å². The molecule has 0 unspecified atom stereocenters. The molecule has 7 heteroatoms. The third-order valence-corrected chi connectivity index (χ3v) is 3.05. The standard InChI is InChI=1S/C13H18F3NO2S/c1-18-7-6-17-10-11-2-4-12(5-3-11)19-8-9-20-13(14,15)16/h2-5,17H,6-10H2,1H3. The SMILES string of the molecule is COCCNCc1ccc(OCCSC(F)(F)F)cc1. The van der Waals surface area contributed by atoms with Gasteiger partial charge in [0, 0.05) is 26.0 Å². The number of benzene rings is 1. The van der Waals surface area contributed by atoms with Gasteiger partial charge in [-0.15, -0.1) is 0 Å². The van der Waals surface area contributed by atoms with Crippen LogP contribution in [0.2, 0.25) is 0 Å². The summed E-state index contributed by atoms with van der Waals surface area (Å²) >= 11 is -0.0752. The number of halogens is 3. The normalized spacial score (nSPS) is 11.6. The minimum Gasteiger partial charge on any atom is -0.493 e. The van der Waals surface area contributed by atoms with E-state index in [9.17, 15) is 13.2 Å². The maximum absolute atomic E-state index is 11.9. The second kappa shape index (κ2) is 9.10. The molecule has 0 saturated heterocycles. The molecular weight excluding hydrogens is 291 g/mol. The molecule has 0 saturated carbocycles. The zero-order valence-electron chi connectivity index (χ0n) is 11.2. The Hall–Kier alpha value is -0.920. The first-order valence-electron chi connectivity index (χ1n) is 6.13. The van der Waals surface area contributed by atoms with Crippen molar-refractivity contribution in [2.24, 2.45) is 0 Å². The number of methoxy groups -OCH3 is 1. The second-order valence-electron chi connectivity index (χ2n) is 3.96. The van der Waals surface area contributed by atoms with Crippen LogP contribution in [0, 0.1) is 0 Å². The van der Waals surface area contributed by atoms with E-state index in [0.717, 1.165) is 12.1 Å². The molecule has 1 N–H and O–H groups in total. The lowest BCUT2D eigenvalue weighted by molar-refractivity contribution is -0.0329. The van der Waals surface area contributed by atoms with Crippen molar-refractivity contribution < 1.29 is 22.6 Å². The van der Waals surface area contributed by atoms with Gasteiger partial charge in [-0.1, -0.05) is 12.1 Å². The Kier molecular flexibility index (Phi) is 7.79. The molecule has 0 radical (unpaired) electrons. The summed E-state index contributed by atoms with van der Waals surface area (Å²) < 4.78 is 45.8. The zero-order chi connectivity index (χ0) is 14.8. The monoisotopic (exact) mass is 309 g/mol. The summed E-state index contributed by atoms with van der Waals surface area (Å²) in [7, 11) is 1.64. The predicted octanol–water partition coefficient (Wildman–Crippen LogP) is 3.05. The van der Waals surface area contributed by atoms with Crippen molar-refractivity contribution in [2.75, 3.05) is 32.6 Å². The first kappa shape index (κ1) is 17.1. The summed E-state index contributed by atoms with van der Waals surface area (Å²) in [6, 6.07) is 7.27. The zero-order valence-corrected chi connectivity index (χ0v) is 12.0. The first-order chi connectivity index (χ1) is 9.51. The average molecular weight is 309 g/mol. The largest absolute Gasteiger partial charge is 0.493 e. The van der Waals surface area contributed by atoms with Gasteiger partial charge in [0.25, 0.3) is 0 Å². The summed E-state index contributed by atoms with van der Waals surface area (Å²) in [6.07, 6.45) is 0. The van der Waals surface area contributed by atoms with Gasteiger partial charge in [-0.25, -0.2) is 0 Å². The highest BCUT2D eigenvalue weighted by Crippen LogP contribution is 2.29. The van der Waals surface area contributed by atoms with E-state index >= 15 is 0 Å². The van der Waals surface area contributed by atoms with Gasteiger partial charge in [0.2, 0.25) is 0 Å². The fraction of sp³-hybridized carbons (Fsp3) is 0.538. The highest BCUT2D eigenvalue weighted by Gasteiger charge is 2.27. The van der Waals surface area contributed by atoms with Crippen LogP contribution in [0.5, 0.6) is 5.75 Å². The molecule has 114 valence electrons. The molecule has 1 rings (SSSR count). The lowest BCUT2D eigenvalue weighted by Gasteiger charge is -2.09. The van der Waals surface area contributed by atoms with Crippen molar-refractivity contribution in [3.63, 3.8) is 0 Å². The molecule has 0 aliphatic carbocycles. The molecule has 0 spiro atoms. The number of thioether (sulfide) groups is 1. The Balaban J connectivity index is 2.21. The molecule has 0 bridgehead atoms. The maximum atomic E-state index is 11.9. The van der Waals surface area contributed by atoms with Crippen LogP contribution in [0.15, 0.2) is 24.3 Å². The molecule has 0 aliphatic rings. The molecule has 0 amide bonds. The quantitative estimate of drug-likeness (QED) is 0.710. The summed E-state index contributed by atoms with van der Waals surface area (Å²) in [6.45, 7) is 2.17. The Morgan fingerprint density at radius 2 is 1.85 bits per heavy atom. The molecule has 1 aromatic carbocycles. The van der Waals surface area contributed by atoms with Gasteiger partial charge in [0.1, 0.15) is 5.75 Å². The molecule has 20 heavy (non-hydrogen) atoms. The Bertz CT molecular complexity index is 371. The molecule has 0 aliphatic heterocycles. The molecule has 0 fully saturated rings. The van der Waals surface area contributed by atoms with Crippen molar-refractivity contribution in [1.82, 2.24) is 5.32 Å². The third kappa shape index (κ3) is 8.29. The van der Waals surface area contributed by atoms with E-state index in [4.69, 9.17) is 9.47 Å². The van der Waals surface area contributed by atoms with E-state index in [1.54, 1.807) is 19.2 Å². The number of ether oxygens (including phenoxy) is 2. The number of hydrogen-bond donors (Lipinski definition) is 1. The van der Waals surface area contributed by atoms with Crippen molar-refractivity contribution in [3.05, 3.63) is 29.8 Å². The molecule has 0 heterocycles. The topological polar surface area (TPSA) is 30.5 Å². The summed E-state index contributed by atoms with van der Waals surface area (Å²) in [5.41, 5.74) is -3.11. The number of rotatable bonds is 9. The fourth-order valence-corrected chi connectivity index (χ4v) is 1.83. The van der Waals surface area contributed by atoms with E-state index < -0.39 is 5.51 Å². The van der Waals surface area contributed by atoms with E-state index in [1.807, 2.05) is 12.1 Å². The van der Waals surface area contributed by atoms with Crippen LogP contribution in [-0.2, 0) is 11.3 Å². The third-order valence-electron chi connectivity index (χ3n) is 2.35. The molecule has 3 nitrogen and oxygen atoms in total. The molecule has 0 aromatic heterocycles. The van der Waals surface area contributed by atoms with Gasteiger partial charge < -0.3 is 14.8 Å². The fourth-order valence-electron chi connectivity index (χ4n) is 1.43. The summed E-state index contributed by atoms with van der Waals surface area (Å²) in [4.78, 5) is 0. The van der Waals surface area contributed by atoms with E-state index in [1.165, 1.54) is 0 Å². The molecule has 1 aromatic rings. The average Bonchev–Trinajstić information content (AvgIpc) is 2.40. The number of nitrogens with one attached hydrogen (secondary N) is 1. The molecule has 0 atom stereocenters. The van der Waals surface area contributed by atoms with Crippen molar-refractivity contribution in [1.29, 1.82) is 0 Å². The Morgan fingerprint density at radius 1 is 1.15 bits per heavy atom. The lowest BCUT2D eigenvalue weighted by Crippen LogP contribution is -2.18. The van der Waals surface area contributed by atoms with Crippen LogP contribution in [0.25, 0.3) is 0 Å². The highest BCUT2D eigenvalue weighted by molar-refractivity contribution is 8.00. The Morgan fingerprint density at radius 3 is 2.45 bits per heavy atom. The lowest BCUT2D eigenvalue weighted by atomic mass is 10.2. The number of alkyl halides is 3. The maximum Gasteiger partial charge on any atom is 0.441 e. The Labute approximate surface area is 120 Å². The van der Waals surface area contributed by atoms with E-state index in [-0.39, 0.29) is 24.1 Å². The predicted molar refractivity (Wildman–Crippen MR) is 74.0 cm³/mol. The molecular formula is C13H18F3NO2S. The first-order valence-corrected chi connectivity index (χ1v) is 7.12. The highest BCUT2D eigenvalue weighted by atomic mass is 32.2.